The van der Waals surface area contributed by atoms with Gasteiger partial charge in [0.2, 0.25) is 5.91 Å². The number of amides is 1. The fraction of sp³-hybridized carbons (Fsp3) is 0.395. The maximum Gasteiger partial charge on any atom is 0.246 e. The molecule has 0 heterocycles. The van der Waals surface area contributed by atoms with E-state index in [4.69, 9.17) is 10.5 Å². The molecule has 1 aliphatic carbocycles. The third-order valence-electron chi connectivity index (χ3n) is 6.89. The molecule has 0 unspecified atom stereocenters. The first-order valence-corrected chi connectivity index (χ1v) is 15.8. The Balaban J connectivity index is 0.000000602. The molecule has 0 spiro atoms. The van der Waals surface area contributed by atoms with E-state index < -0.39 is 5.78 Å². The van der Waals surface area contributed by atoms with Crippen LogP contribution in [0.4, 0.5) is 0 Å². The van der Waals surface area contributed by atoms with Crippen molar-refractivity contribution in [2.75, 3.05) is 27.2 Å². The molecular formula is C38H56N4O3. The summed E-state index contributed by atoms with van der Waals surface area (Å²) in [7, 11) is 3.69. The standard InChI is InChI=1S/C15H15N.C10H20N2O.C8H11N.C3H4O2.C2H6/c1-2-16-15(10-11-15)14-9-5-7-12-6-3-4-8-13(12)14;1-4-5-9-12(3)10(13)7-6-8-11-2;1-7-4-2-3-5-8(7)6-9;1-3(5)2-4;1-2/h2-9,16H,1,10-11H2;6-7,11H,4-5,8-9H2,1-3H3;2-5H,6,9H2,1H3;2H,1H3;1-2H3/b;7-6+;;;. The fourth-order valence-corrected chi connectivity index (χ4v) is 4.20. The summed E-state index contributed by atoms with van der Waals surface area (Å²) in [6, 6.07) is 23.3. The first kappa shape index (κ1) is 40.9. The van der Waals surface area contributed by atoms with E-state index in [1.165, 1.54) is 47.2 Å². The lowest BCUT2D eigenvalue weighted by Gasteiger charge is -2.18. The average Bonchev–Trinajstić information content (AvgIpc) is 3.86. The molecule has 1 amide bonds. The van der Waals surface area contributed by atoms with Crippen LogP contribution in [0.15, 0.2) is 91.7 Å². The molecule has 3 aromatic rings. The van der Waals surface area contributed by atoms with Gasteiger partial charge in [-0.05, 0) is 66.9 Å². The van der Waals surface area contributed by atoms with Gasteiger partial charge in [0.25, 0.3) is 0 Å². The van der Waals surface area contributed by atoms with Crippen molar-refractivity contribution in [1.82, 2.24) is 15.5 Å². The van der Waals surface area contributed by atoms with Crippen LogP contribution < -0.4 is 16.4 Å². The molecule has 0 saturated heterocycles. The normalized spacial score (nSPS) is 11.9. The highest BCUT2D eigenvalue weighted by Gasteiger charge is 2.44. The van der Waals surface area contributed by atoms with Crippen LogP contribution >= 0.6 is 0 Å². The molecule has 3 aromatic carbocycles. The fourth-order valence-electron chi connectivity index (χ4n) is 4.20. The van der Waals surface area contributed by atoms with Crippen molar-refractivity contribution in [2.24, 2.45) is 5.73 Å². The van der Waals surface area contributed by atoms with E-state index in [1.54, 1.807) is 11.0 Å². The zero-order valence-electron chi connectivity index (χ0n) is 28.6. The number of nitrogens with one attached hydrogen (secondary N) is 2. The van der Waals surface area contributed by atoms with Crippen molar-refractivity contribution in [2.45, 2.75) is 72.4 Å². The van der Waals surface area contributed by atoms with Crippen LogP contribution in [0.5, 0.6) is 0 Å². The summed E-state index contributed by atoms with van der Waals surface area (Å²) in [6.45, 7) is 15.4. The second kappa shape index (κ2) is 24.3. The number of fused-ring (bicyclic) bond motifs is 1. The van der Waals surface area contributed by atoms with Gasteiger partial charge in [0.15, 0.2) is 12.1 Å². The van der Waals surface area contributed by atoms with Crippen LogP contribution in [-0.4, -0.2) is 50.1 Å². The van der Waals surface area contributed by atoms with E-state index >= 15 is 0 Å². The summed E-state index contributed by atoms with van der Waals surface area (Å²) in [5.74, 6) is -0.339. The summed E-state index contributed by atoms with van der Waals surface area (Å²) in [5.41, 5.74) is 9.53. The largest absolute Gasteiger partial charge is 0.382 e. The second-order valence-electron chi connectivity index (χ2n) is 10.4. The molecule has 0 aliphatic heterocycles. The van der Waals surface area contributed by atoms with Crippen LogP contribution in [0, 0.1) is 6.92 Å². The van der Waals surface area contributed by atoms with Gasteiger partial charge in [-0.2, -0.15) is 0 Å². The van der Waals surface area contributed by atoms with Gasteiger partial charge in [-0.15, -0.1) is 0 Å². The molecule has 0 bridgehead atoms. The zero-order valence-corrected chi connectivity index (χ0v) is 28.6. The molecule has 45 heavy (non-hydrogen) atoms. The summed E-state index contributed by atoms with van der Waals surface area (Å²) >= 11 is 0. The van der Waals surface area contributed by atoms with Gasteiger partial charge in [-0.25, -0.2) is 0 Å². The zero-order chi connectivity index (χ0) is 34.1. The molecule has 7 heteroatoms. The minimum atomic E-state index is -0.426. The Kier molecular flexibility index (Phi) is 22.1. The monoisotopic (exact) mass is 616 g/mol. The number of hydrogen-bond acceptors (Lipinski definition) is 6. The van der Waals surface area contributed by atoms with Gasteiger partial charge in [-0.3, -0.25) is 14.4 Å². The Morgan fingerprint density at radius 3 is 2.13 bits per heavy atom. The Morgan fingerprint density at radius 1 is 1.02 bits per heavy atom. The van der Waals surface area contributed by atoms with Crippen LogP contribution in [-0.2, 0) is 26.5 Å². The number of carbonyl (C=O) groups is 3. The van der Waals surface area contributed by atoms with Gasteiger partial charge < -0.3 is 21.3 Å². The lowest BCUT2D eigenvalue weighted by Crippen LogP contribution is -2.25. The first-order valence-electron chi connectivity index (χ1n) is 15.8. The molecule has 4 N–H and O–H groups in total. The third kappa shape index (κ3) is 16.0. The molecule has 4 rings (SSSR count). The number of benzene rings is 3. The highest BCUT2D eigenvalue weighted by Crippen LogP contribution is 2.47. The number of rotatable bonds is 11. The number of hydrogen-bond donors (Lipinski definition) is 3. The Bertz CT molecular complexity index is 1310. The van der Waals surface area contributed by atoms with Gasteiger partial charge in [0, 0.05) is 39.7 Å². The predicted octanol–water partition coefficient (Wildman–Crippen LogP) is 6.84. The van der Waals surface area contributed by atoms with Crippen LogP contribution in [0.1, 0.15) is 70.1 Å². The highest BCUT2D eigenvalue weighted by atomic mass is 16.2. The maximum atomic E-state index is 11.3. The van der Waals surface area contributed by atoms with E-state index in [0.29, 0.717) is 6.54 Å². The number of ketones is 1. The average molecular weight is 617 g/mol. The maximum absolute atomic E-state index is 11.3. The predicted molar refractivity (Wildman–Crippen MR) is 191 cm³/mol. The van der Waals surface area contributed by atoms with Crippen molar-refractivity contribution in [3.63, 3.8) is 0 Å². The van der Waals surface area contributed by atoms with Gasteiger partial charge >= 0.3 is 0 Å². The van der Waals surface area contributed by atoms with Gasteiger partial charge in [0.05, 0.1) is 5.54 Å². The van der Waals surface area contributed by atoms with Crippen molar-refractivity contribution in [3.05, 3.63) is 108 Å². The number of likely N-dealkylation sites (N-methyl/N-ethyl adjacent to an activating group) is 2. The van der Waals surface area contributed by atoms with Crippen LogP contribution in [0.3, 0.4) is 0 Å². The summed E-state index contributed by atoms with van der Waals surface area (Å²) < 4.78 is 0. The molecule has 246 valence electrons. The second-order valence-corrected chi connectivity index (χ2v) is 10.4. The number of aryl methyl sites for hydroxylation is 1. The van der Waals surface area contributed by atoms with E-state index in [0.717, 1.165) is 25.9 Å². The molecule has 0 aromatic heterocycles. The quantitative estimate of drug-likeness (QED) is 0.124. The summed E-state index contributed by atoms with van der Waals surface area (Å²) in [4.78, 5) is 31.7. The van der Waals surface area contributed by atoms with Crippen molar-refractivity contribution >= 4 is 28.7 Å². The lowest BCUT2D eigenvalue weighted by atomic mass is 9.97. The first-order chi connectivity index (χ1) is 21.7. The molecule has 1 saturated carbocycles. The highest BCUT2D eigenvalue weighted by molar-refractivity contribution is 6.23. The van der Waals surface area contributed by atoms with E-state index in [9.17, 15) is 9.59 Å². The molecule has 1 fully saturated rings. The molecule has 0 radical (unpaired) electrons. The van der Waals surface area contributed by atoms with Crippen molar-refractivity contribution in [3.8, 4) is 0 Å². The van der Waals surface area contributed by atoms with E-state index in [2.05, 4.69) is 85.7 Å². The number of carbonyl (C=O) groups excluding carboxylic acids is 3. The smallest absolute Gasteiger partial charge is 0.246 e. The Labute approximate surface area is 272 Å². The Hall–Kier alpha value is -4.07. The number of nitrogens with zero attached hydrogens (tertiary/aromatic N) is 1. The van der Waals surface area contributed by atoms with E-state index in [1.807, 2.05) is 52.4 Å². The minimum Gasteiger partial charge on any atom is -0.382 e. The lowest BCUT2D eigenvalue weighted by molar-refractivity contribution is -0.128. The van der Waals surface area contributed by atoms with E-state index in [-0.39, 0.29) is 17.7 Å². The minimum absolute atomic E-state index is 0.0868. The number of aldehydes is 1. The number of Topliss-reactive ketones (excluding diaryl/α,β-unsaturated/α-hetero) is 1. The van der Waals surface area contributed by atoms with Gasteiger partial charge in [0.1, 0.15) is 0 Å². The van der Waals surface area contributed by atoms with Crippen molar-refractivity contribution in [1.29, 1.82) is 0 Å². The molecule has 7 nitrogen and oxygen atoms in total. The molecule has 0 atom stereocenters. The SMILES string of the molecule is C=CNC1(c2cccc3ccccc23)CC1.CC.CC(=O)C=O.CCCCN(C)C(=O)/C=C/CNC.Cc1ccccc1CN. The topological polar surface area (TPSA) is 105 Å². The van der Waals surface area contributed by atoms with Crippen LogP contribution in [0.25, 0.3) is 10.8 Å². The van der Waals surface area contributed by atoms with Crippen LogP contribution in [0.2, 0.25) is 0 Å². The molecular weight excluding hydrogens is 560 g/mol. The number of unbranched alkanes of at least 4 members (excludes halogenated alkanes) is 1. The summed E-state index contributed by atoms with van der Waals surface area (Å²) in [5, 5.41) is 9.03. The van der Waals surface area contributed by atoms with Crippen molar-refractivity contribution < 1.29 is 14.4 Å². The molecule has 1 aliphatic rings. The Morgan fingerprint density at radius 2 is 1.62 bits per heavy atom. The number of nitrogens with two attached hydrogens (primary N) is 1. The summed E-state index contributed by atoms with van der Waals surface area (Å²) in [6.07, 6.45) is 10.1. The van der Waals surface area contributed by atoms with Gasteiger partial charge in [-0.1, -0.05) is 107 Å². The third-order valence-corrected chi connectivity index (χ3v) is 6.89.